The second kappa shape index (κ2) is 7.12. The molecule has 0 aliphatic heterocycles. The SMILES string of the molecule is O=C(Cc1csc2nc(-c3ccccc3)cn12)Nc1cccc(C(F)(F)F)c1. The van der Waals surface area contributed by atoms with E-state index in [1.165, 1.54) is 23.5 Å². The van der Waals surface area contributed by atoms with Crippen LogP contribution in [0.25, 0.3) is 16.2 Å². The molecule has 0 bridgehead atoms. The number of imidazole rings is 1. The number of halogens is 3. The first-order valence-corrected chi connectivity index (χ1v) is 9.26. The zero-order valence-electron chi connectivity index (χ0n) is 14.4. The van der Waals surface area contributed by atoms with Crippen LogP contribution in [0.5, 0.6) is 0 Å². The Kier molecular flexibility index (Phi) is 4.64. The molecule has 0 spiro atoms. The molecule has 0 fully saturated rings. The van der Waals surface area contributed by atoms with Gasteiger partial charge in [0.05, 0.1) is 17.7 Å². The molecule has 4 aromatic rings. The average Bonchev–Trinajstić information content (AvgIpc) is 3.24. The van der Waals surface area contributed by atoms with E-state index in [1.54, 1.807) is 0 Å². The van der Waals surface area contributed by atoms with Crippen molar-refractivity contribution in [3.05, 3.63) is 77.4 Å². The zero-order chi connectivity index (χ0) is 19.7. The van der Waals surface area contributed by atoms with Crippen molar-refractivity contribution in [3.8, 4) is 11.3 Å². The fraction of sp³-hybridized carbons (Fsp3) is 0.100. The van der Waals surface area contributed by atoms with Crippen LogP contribution in [0, 0.1) is 0 Å². The van der Waals surface area contributed by atoms with E-state index in [9.17, 15) is 18.0 Å². The van der Waals surface area contributed by atoms with E-state index < -0.39 is 17.6 Å². The van der Waals surface area contributed by atoms with Gasteiger partial charge in [-0.2, -0.15) is 13.2 Å². The van der Waals surface area contributed by atoms with Crippen LogP contribution in [-0.2, 0) is 17.4 Å². The van der Waals surface area contributed by atoms with Crippen molar-refractivity contribution in [1.29, 1.82) is 0 Å². The second-order valence-electron chi connectivity index (χ2n) is 6.18. The Bertz CT molecular complexity index is 1130. The fourth-order valence-electron chi connectivity index (χ4n) is 2.85. The predicted octanol–water partition coefficient (Wildman–Crippen LogP) is 5.26. The third-order valence-corrected chi connectivity index (χ3v) is 5.06. The van der Waals surface area contributed by atoms with Crippen molar-refractivity contribution in [3.63, 3.8) is 0 Å². The monoisotopic (exact) mass is 401 g/mol. The van der Waals surface area contributed by atoms with Crippen molar-refractivity contribution in [1.82, 2.24) is 9.38 Å². The topological polar surface area (TPSA) is 46.4 Å². The molecule has 0 saturated carbocycles. The number of hydrogen-bond donors (Lipinski definition) is 1. The minimum atomic E-state index is -4.45. The van der Waals surface area contributed by atoms with Gasteiger partial charge in [0.25, 0.3) is 0 Å². The summed E-state index contributed by atoms with van der Waals surface area (Å²) in [6.07, 6.45) is -2.57. The van der Waals surface area contributed by atoms with Crippen molar-refractivity contribution >= 4 is 27.9 Å². The van der Waals surface area contributed by atoms with Gasteiger partial charge < -0.3 is 5.32 Å². The molecule has 0 unspecified atom stereocenters. The Morgan fingerprint density at radius 2 is 1.89 bits per heavy atom. The van der Waals surface area contributed by atoms with Gasteiger partial charge in [-0.15, -0.1) is 11.3 Å². The van der Waals surface area contributed by atoms with Crippen LogP contribution in [0.4, 0.5) is 18.9 Å². The summed E-state index contributed by atoms with van der Waals surface area (Å²) >= 11 is 1.41. The second-order valence-corrected chi connectivity index (χ2v) is 7.01. The molecule has 1 N–H and O–H groups in total. The van der Waals surface area contributed by atoms with Crippen LogP contribution in [0.15, 0.2) is 66.2 Å². The molecule has 2 aromatic carbocycles. The smallest absolute Gasteiger partial charge is 0.326 e. The molecular formula is C20H14F3N3OS. The van der Waals surface area contributed by atoms with E-state index in [1.807, 2.05) is 46.3 Å². The van der Waals surface area contributed by atoms with Gasteiger partial charge in [-0.1, -0.05) is 36.4 Å². The Labute approximate surface area is 162 Å². The van der Waals surface area contributed by atoms with Crippen LogP contribution in [-0.4, -0.2) is 15.3 Å². The lowest BCUT2D eigenvalue weighted by Crippen LogP contribution is -2.16. The fourth-order valence-corrected chi connectivity index (χ4v) is 3.72. The molecule has 1 amide bonds. The number of nitrogens with zero attached hydrogens (tertiary/aromatic N) is 2. The van der Waals surface area contributed by atoms with E-state index in [4.69, 9.17) is 0 Å². The number of nitrogens with one attached hydrogen (secondary N) is 1. The summed E-state index contributed by atoms with van der Waals surface area (Å²) in [7, 11) is 0. The number of carbonyl (C=O) groups excluding carboxylic acids is 1. The number of amides is 1. The predicted molar refractivity (Wildman–Crippen MR) is 102 cm³/mol. The summed E-state index contributed by atoms with van der Waals surface area (Å²) in [6, 6.07) is 14.3. The summed E-state index contributed by atoms with van der Waals surface area (Å²) < 4.78 is 40.2. The number of hydrogen-bond acceptors (Lipinski definition) is 3. The van der Waals surface area contributed by atoms with Gasteiger partial charge in [0.2, 0.25) is 5.91 Å². The molecule has 8 heteroatoms. The molecule has 0 radical (unpaired) electrons. The number of thiazole rings is 1. The summed E-state index contributed by atoms with van der Waals surface area (Å²) in [6.45, 7) is 0. The highest BCUT2D eigenvalue weighted by atomic mass is 32.1. The first-order chi connectivity index (χ1) is 13.4. The van der Waals surface area contributed by atoms with Crippen molar-refractivity contribution < 1.29 is 18.0 Å². The third kappa shape index (κ3) is 3.77. The number of alkyl halides is 3. The molecule has 28 heavy (non-hydrogen) atoms. The third-order valence-electron chi connectivity index (χ3n) is 4.17. The Morgan fingerprint density at radius 3 is 2.64 bits per heavy atom. The molecule has 142 valence electrons. The van der Waals surface area contributed by atoms with Crippen LogP contribution in [0.2, 0.25) is 0 Å². The highest BCUT2D eigenvalue weighted by Gasteiger charge is 2.30. The first-order valence-electron chi connectivity index (χ1n) is 8.38. The summed E-state index contributed by atoms with van der Waals surface area (Å²) in [5.41, 5.74) is 1.80. The van der Waals surface area contributed by atoms with Crippen molar-refractivity contribution in [2.45, 2.75) is 12.6 Å². The molecule has 4 rings (SSSR count). The number of anilines is 1. The standard InChI is InChI=1S/C20H14F3N3OS/c21-20(22,23)14-7-4-8-15(9-14)24-18(27)10-16-12-28-19-25-17(11-26(16)19)13-5-2-1-3-6-13/h1-9,11-12H,10H2,(H,24,27). The molecule has 0 saturated heterocycles. The van der Waals surface area contributed by atoms with Crippen molar-refractivity contribution in [2.75, 3.05) is 5.32 Å². The van der Waals surface area contributed by atoms with Crippen LogP contribution in [0.1, 0.15) is 11.3 Å². The van der Waals surface area contributed by atoms with Gasteiger partial charge in [-0.3, -0.25) is 9.20 Å². The van der Waals surface area contributed by atoms with Gasteiger partial charge in [0, 0.05) is 28.5 Å². The van der Waals surface area contributed by atoms with E-state index in [-0.39, 0.29) is 12.1 Å². The molecule has 0 aliphatic carbocycles. The average molecular weight is 401 g/mol. The van der Waals surface area contributed by atoms with Gasteiger partial charge in [-0.25, -0.2) is 4.98 Å². The molecule has 2 aromatic heterocycles. The zero-order valence-corrected chi connectivity index (χ0v) is 15.2. The number of aromatic nitrogens is 2. The Morgan fingerprint density at radius 1 is 1.11 bits per heavy atom. The summed E-state index contributed by atoms with van der Waals surface area (Å²) in [5.74, 6) is -0.394. The van der Waals surface area contributed by atoms with E-state index in [0.717, 1.165) is 34.0 Å². The number of benzene rings is 2. The molecular weight excluding hydrogens is 387 g/mol. The van der Waals surface area contributed by atoms with Gasteiger partial charge in [0.15, 0.2) is 4.96 Å². The summed E-state index contributed by atoms with van der Waals surface area (Å²) in [4.78, 5) is 17.6. The van der Waals surface area contributed by atoms with Gasteiger partial charge >= 0.3 is 6.18 Å². The van der Waals surface area contributed by atoms with Gasteiger partial charge in [-0.05, 0) is 18.2 Å². The number of carbonyl (C=O) groups is 1. The van der Waals surface area contributed by atoms with Crippen LogP contribution in [0.3, 0.4) is 0 Å². The highest BCUT2D eigenvalue weighted by Crippen LogP contribution is 2.30. The van der Waals surface area contributed by atoms with Gasteiger partial charge in [0.1, 0.15) is 0 Å². The molecule has 2 heterocycles. The minimum Gasteiger partial charge on any atom is -0.326 e. The lowest BCUT2D eigenvalue weighted by molar-refractivity contribution is -0.137. The summed E-state index contributed by atoms with van der Waals surface area (Å²) in [5, 5.41) is 4.35. The number of fused-ring (bicyclic) bond motifs is 1. The molecule has 0 atom stereocenters. The lowest BCUT2D eigenvalue weighted by atomic mass is 10.2. The lowest BCUT2D eigenvalue weighted by Gasteiger charge is -2.09. The van der Waals surface area contributed by atoms with Crippen molar-refractivity contribution in [2.24, 2.45) is 0 Å². The maximum atomic E-state index is 12.8. The van der Waals surface area contributed by atoms with E-state index in [2.05, 4.69) is 10.3 Å². The Balaban J connectivity index is 1.52. The van der Waals surface area contributed by atoms with Crippen LogP contribution >= 0.6 is 11.3 Å². The quantitative estimate of drug-likeness (QED) is 0.507. The van der Waals surface area contributed by atoms with E-state index in [0.29, 0.717) is 0 Å². The largest absolute Gasteiger partial charge is 0.416 e. The first kappa shape index (κ1) is 18.2. The highest BCUT2D eigenvalue weighted by molar-refractivity contribution is 7.15. The molecule has 0 aliphatic rings. The normalized spacial score (nSPS) is 11.7. The maximum absolute atomic E-state index is 12.8. The minimum absolute atomic E-state index is 0.0286. The number of rotatable bonds is 4. The molecule has 4 nitrogen and oxygen atoms in total. The van der Waals surface area contributed by atoms with Crippen LogP contribution < -0.4 is 5.32 Å². The maximum Gasteiger partial charge on any atom is 0.416 e. The Hall–Kier alpha value is -3.13. The van der Waals surface area contributed by atoms with E-state index >= 15 is 0 Å².